The highest BCUT2D eigenvalue weighted by molar-refractivity contribution is 7.19. The highest BCUT2D eigenvalue weighted by Crippen LogP contribution is 2.43. The van der Waals surface area contributed by atoms with Crippen LogP contribution in [-0.4, -0.2) is 45.8 Å². The van der Waals surface area contributed by atoms with E-state index in [-0.39, 0.29) is 39.0 Å². The minimum atomic E-state index is -0.980. The molecule has 1 saturated carbocycles. The third kappa shape index (κ3) is 5.41. The fourth-order valence-corrected chi connectivity index (χ4v) is 6.52. The first kappa shape index (κ1) is 27.6. The average molecular weight is 558 g/mol. The number of pyridine rings is 1. The molecule has 1 aromatic carbocycles. The van der Waals surface area contributed by atoms with Gasteiger partial charge in [0.05, 0.1) is 23.0 Å². The predicted molar refractivity (Wildman–Crippen MR) is 147 cm³/mol. The predicted octanol–water partition coefficient (Wildman–Crippen LogP) is 4.80. The number of thiazole rings is 1. The number of nitrogens with one attached hydrogen (secondary N) is 1. The number of carbonyl (C=O) groups is 1. The number of nitrogens with two attached hydrogens (primary N) is 2. The second kappa shape index (κ2) is 10.9. The third-order valence-corrected chi connectivity index (χ3v) is 9.21. The zero-order valence-corrected chi connectivity index (χ0v) is 22.7. The molecule has 0 unspecified atom stereocenters. The first-order valence-corrected chi connectivity index (χ1v) is 13.9. The maximum absolute atomic E-state index is 15.1. The van der Waals surface area contributed by atoms with E-state index in [9.17, 15) is 9.90 Å². The van der Waals surface area contributed by atoms with Crippen LogP contribution >= 0.6 is 11.3 Å². The average Bonchev–Trinajstić information content (AvgIpc) is 3.28. The standard InChI is InChI=1S/C28H33F2N5O3S/c1-14-9-17(12-22(31)28(14,2)37)18-3-6-33-13-21(18)34-26(36)24-25(32)39-27(35-24)23-19(29)10-16(11-20(23)30)15-4-7-38-8-5-15/h3,6,10-11,13-15,17,22,37H,4-5,7-9,12,31-32H2,1-2H3,(H,34,36)/t14-,17+,22+,28+/m0/s1. The lowest BCUT2D eigenvalue weighted by molar-refractivity contribution is -0.0463. The number of nitrogen functional groups attached to an aromatic ring is 1. The second-order valence-electron chi connectivity index (χ2n) is 10.8. The van der Waals surface area contributed by atoms with Crippen molar-refractivity contribution in [2.24, 2.45) is 11.7 Å². The van der Waals surface area contributed by atoms with Crippen molar-refractivity contribution < 1.29 is 23.4 Å². The summed E-state index contributed by atoms with van der Waals surface area (Å²) in [5, 5.41) is 13.6. The Bertz CT molecular complexity index is 1340. The second-order valence-corrected chi connectivity index (χ2v) is 11.8. The highest BCUT2D eigenvalue weighted by atomic mass is 32.1. The molecule has 0 radical (unpaired) electrons. The minimum absolute atomic E-state index is 0.00528. The summed E-state index contributed by atoms with van der Waals surface area (Å²) in [6.07, 6.45) is 5.80. The molecule has 2 fully saturated rings. The highest BCUT2D eigenvalue weighted by Gasteiger charge is 2.42. The number of nitrogens with zero attached hydrogens (tertiary/aromatic N) is 2. The molecule has 5 rings (SSSR count). The first-order valence-electron chi connectivity index (χ1n) is 13.1. The summed E-state index contributed by atoms with van der Waals surface area (Å²) in [4.78, 5) is 21.6. The molecule has 0 bridgehead atoms. The van der Waals surface area contributed by atoms with Gasteiger partial charge in [-0.15, -0.1) is 0 Å². The number of anilines is 2. The minimum Gasteiger partial charge on any atom is -0.389 e. The molecule has 39 heavy (non-hydrogen) atoms. The van der Waals surface area contributed by atoms with Crippen molar-refractivity contribution in [1.82, 2.24) is 9.97 Å². The van der Waals surface area contributed by atoms with Gasteiger partial charge in [0, 0.05) is 25.5 Å². The van der Waals surface area contributed by atoms with Gasteiger partial charge in [0.25, 0.3) is 5.91 Å². The van der Waals surface area contributed by atoms with Gasteiger partial charge in [-0.3, -0.25) is 9.78 Å². The van der Waals surface area contributed by atoms with Crippen LogP contribution in [0.1, 0.15) is 73.0 Å². The van der Waals surface area contributed by atoms with Crippen LogP contribution in [0.3, 0.4) is 0 Å². The number of hydrogen-bond donors (Lipinski definition) is 4. The van der Waals surface area contributed by atoms with Gasteiger partial charge in [0.1, 0.15) is 21.6 Å². The zero-order valence-electron chi connectivity index (χ0n) is 21.9. The quantitative estimate of drug-likeness (QED) is 0.354. The van der Waals surface area contributed by atoms with Crippen LogP contribution in [0.4, 0.5) is 19.5 Å². The van der Waals surface area contributed by atoms with Crippen molar-refractivity contribution >= 4 is 27.9 Å². The van der Waals surface area contributed by atoms with Crippen molar-refractivity contribution in [1.29, 1.82) is 0 Å². The van der Waals surface area contributed by atoms with E-state index in [0.717, 1.165) is 16.9 Å². The Kier molecular flexibility index (Phi) is 7.69. The molecule has 4 atom stereocenters. The van der Waals surface area contributed by atoms with Crippen LogP contribution in [0.5, 0.6) is 0 Å². The lowest BCUT2D eigenvalue weighted by atomic mass is 9.68. The third-order valence-electron chi connectivity index (χ3n) is 8.31. The maximum atomic E-state index is 15.1. The van der Waals surface area contributed by atoms with Crippen molar-refractivity contribution in [3.63, 3.8) is 0 Å². The van der Waals surface area contributed by atoms with Crippen LogP contribution in [-0.2, 0) is 4.74 Å². The number of carbonyl (C=O) groups excluding carboxylic acids is 1. The van der Waals surface area contributed by atoms with Crippen molar-refractivity contribution in [2.45, 2.75) is 63.0 Å². The molecule has 2 aromatic heterocycles. The van der Waals surface area contributed by atoms with Crippen molar-refractivity contribution in [2.75, 3.05) is 24.3 Å². The number of benzene rings is 1. The first-order chi connectivity index (χ1) is 18.6. The number of aliphatic hydroxyl groups is 1. The summed E-state index contributed by atoms with van der Waals surface area (Å²) < 4.78 is 35.6. The summed E-state index contributed by atoms with van der Waals surface area (Å²) in [5.74, 6) is -2.13. The van der Waals surface area contributed by atoms with Gasteiger partial charge in [0.15, 0.2) is 5.69 Å². The van der Waals surface area contributed by atoms with Crippen molar-refractivity contribution in [3.8, 4) is 10.6 Å². The molecule has 6 N–H and O–H groups in total. The monoisotopic (exact) mass is 557 g/mol. The maximum Gasteiger partial charge on any atom is 0.277 e. The zero-order chi connectivity index (χ0) is 27.9. The molecule has 1 aliphatic heterocycles. The fourth-order valence-electron chi connectivity index (χ4n) is 5.64. The van der Waals surface area contributed by atoms with E-state index >= 15 is 8.78 Å². The van der Waals surface area contributed by atoms with Crippen molar-refractivity contribution in [3.05, 3.63) is 59.0 Å². The lowest BCUT2D eigenvalue weighted by Gasteiger charge is -2.44. The Hall–Kier alpha value is -2.99. The summed E-state index contributed by atoms with van der Waals surface area (Å²) in [7, 11) is 0. The number of aromatic nitrogens is 2. The molecular weight excluding hydrogens is 524 g/mol. The Morgan fingerprint density at radius 1 is 1.21 bits per heavy atom. The van der Waals surface area contributed by atoms with Gasteiger partial charge < -0.3 is 26.6 Å². The SMILES string of the molecule is C[C@H]1C[C@@H](c2ccncc2NC(=O)c2nc(-c3c(F)cc(C4CCOCC4)cc3F)sc2N)C[C@@H](N)[C@]1(C)O. The van der Waals surface area contributed by atoms with Crippen LogP contribution in [0.2, 0.25) is 0 Å². The summed E-state index contributed by atoms with van der Waals surface area (Å²) >= 11 is 0.855. The van der Waals surface area contributed by atoms with Gasteiger partial charge in [-0.05, 0) is 79.7 Å². The Balaban J connectivity index is 1.38. The van der Waals surface area contributed by atoms with Gasteiger partial charge in [-0.2, -0.15) is 0 Å². The molecular formula is C28H33F2N5O3S. The Morgan fingerprint density at radius 3 is 2.56 bits per heavy atom. The van der Waals surface area contributed by atoms with Gasteiger partial charge >= 0.3 is 0 Å². The normalized spacial score (nSPS) is 25.9. The molecule has 8 nitrogen and oxygen atoms in total. The van der Waals surface area contributed by atoms with Gasteiger partial charge in [-0.1, -0.05) is 18.3 Å². The van der Waals surface area contributed by atoms with Gasteiger partial charge in [-0.25, -0.2) is 13.8 Å². The molecule has 1 amide bonds. The van der Waals surface area contributed by atoms with E-state index < -0.39 is 29.2 Å². The van der Waals surface area contributed by atoms with E-state index in [4.69, 9.17) is 16.2 Å². The largest absolute Gasteiger partial charge is 0.389 e. The molecule has 1 aliphatic carbocycles. The summed E-state index contributed by atoms with van der Waals surface area (Å²) in [6.45, 7) is 4.82. The van der Waals surface area contributed by atoms with E-state index in [1.54, 1.807) is 13.1 Å². The number of ether oxygens (including phenoxy) is 1. The topological polar surface area (TPSA) is 136 Å². The Morgan fingerprint density at radius 2 is 1.90 bits per heavy atom. The number of amides is 1. The van der Waals surface area contributed by atoms with Crippen LogP contribution in [0, 0.1) is 17.6 Å². The van der Waals surface area contributed by atoms with E-state index in [0.29, 0.717) is 50.1 Å². The summed E-state index contributed by atoms with van der Waals surface area (Å²) in [6, 6.07) is 4.06. The number of halogens is 2. The molecule has 11 heteroatoms. The molecule has 3 aromatic rings. The molecule has 2 aliphatic rings. The Labute approximate surface area is 229 Å². The fraction of sp³-hybridized carbons (Fsp3) is 0.464. The van der Waals surface area contributed by atoms with E-state index in [2.05, 4.69) is 15.3 Å². The van der Waals surface area contributed by atoms with E-state index in [1.807, 2.05) is 13.0 Å². The summed E-state index contributed by atoms with van der Waals surface area (Å²) in [5.41, 5.74) is 12.9. The van der Waals surface area contributed by atoms with Crippen LogP contribution in [0.15, 0.2) is 30.6 Å². The van der Waals surface area contributed by atoms with Gasteiger partial charge in [0.2, 0.25) is 0 Å². The van der Waals surface area contributed by atoms with Crippen LogP contribution < -0.4 is 16.8 Å². The number of rotatable bonds is 5. The molecule has 208 valence electrons. The molecule has 1 saturated heterocycles. The molecule has 3 heterocycles. The smallest absolute Gasteiger partial charge is 0.277 e. The van der Waals surface area contributed by atoms with Crippen LogP contribution in [0.25, 0.3) is 10.6 Å². The number of hydrogen-bond acceptors (Lipinski definition) is 8. The molecule has 0 spiro atoms. The van der Waals surface area contributed by atoms with E-state index in [1.165, 1.54) is 18.3 Å². The lowest BCUT2D eigenvalue weighted by Crippen LogP contribution is -2.54.